The van der Waals surface area contributed by atoms with Crippen molar-refractivity contribution in [3.05, 3.63) is 17.8 Å². The molecular weight excluding hydrogens is 238 g/mol. The summed E-state index contributed by atoms with van der Waals surface area (Å²) in [6, 6.07) is 1.83. The van der Waals surface area contributed by atoms with Gasteiger partial charge in [-0.15, -0.1) is 0 Å². The number of nitrogens with zero attached hydrogens (tertiary/aromatic N) is 1. The van der Waals surface area contributed by atoms with Gasteiger partial charge in [0.2, 0.25) is 5.91 Å². The highest BCUT2D eigenvalue weighted by Crippen LogP contribution is 2.24. The molecule has 1 aromatic heterocycles. The molecule has 104 valence electrons. The lowest BCUT2D eigenvalue weighted by molar-refractivity contribution is -0.120. The number of aromatic nitrogens is 1. The van der Waals surface area contributed by atoms with Crippen molar-refractivity contribution in [1.29, 1.82) is 0 Å². The van der Waals surface area contributed by atoms with Crippen LogP contribution in [0.25, 0.3) is 0 Å². The molecule has 0 unspecified atom stereocenters. The van der Waals surface area contributed by atoms with Gasteiger partial charge in [0.05, 0.1) is 11.9 Å². The minimum absolute atomic E-state index is 0.113. The smallest absolute Gasteiger partial charge is 0.228 e. The van der Waals surface area contributed by atoms with Gasteiger partial charge in [-0.05, 0) is 31.4 Å². The van der Waals surface area contributed by atoms with E-state index in [1.807, 2.05) is 13.0 Å². The Balaban J connectivity index is 1.98. The van der Waals surface area contributed by atoms with Crippen LogP contribution >= 0.6 is 0 Å². The fourth-order valence-electron chi connectivity index (χ4n) is 2.66. The molecule has 0 spiro atoms. The van der Waals surface area contributed by atoms with Crippen LogP contribution in [0.15, 0.2) is 12.3 Å². The number of hydrogen-bond donors (Lipinski definition) is 2. The molecule has 1 aliphatic rings. The van der Waals surface area contributed by atoms with Crippen LogP contribution < -0.4 is 11.1 Å². The standard InChI is InChI=1S/C15H23N3O/c1-11-9-13(16)10-17-14(11)18-15(19)12-7-5-3-2-4-6-8-12/h9-10,12H,2-8,16H2,1H3,(H,17,18,19). The number of nitrogen functional groups attached to an aromatic ring is 1. The molecule has 1 aromatic rings. The number of amides is 1. The fraction of sp³-hybridized carbons (Fsp3) is 0.600. The zero-order valence-electron chi connectivity index (χ0n) is 11.6. The lowest BCUT2D eigenvalue weighted by Crippen LogP contribution is -2.24. The van der Waals surface area contributed by atoms with Crippen LogP contribution in [0.1, 0.15) is 50.5 Å². The summed E-state index contributed by atoms with van der Waals surface area (Å²) in [5, 5.41) is 2.95. The van der Waals surface area contributed by atoms with Crippen molar-refractivity contribution in [3.63, 3.8) is 0 Å². The maximum atomic E-state index is 12.3. The molecule has 0 radical (unpaired) electrons. The molecule has 0 atom stereocenters. The summed E-state index contributed by atoms with van der Waals surface area (Å²) >= 11 is 0. The summed E-state index contributed by atoms with van der Waals surface area (Å²) in [4.78, 5) is 16.5. The van der Waals surface area contributed by atoms with Crippen LogP contribution in [-0.2, 0) is 4.79 Å². The average molecular weight is 261 g/mol. The van der Waals surface area contributed by atoms with E-state index in [2.05, 4.69) is 10.3 Å². The maximum absolute atomic E-state index is 12.3. The highest BCUT2D eigenvalue weighted by molar-refractivity contribution is 5.92. The predicted octanol–water partition coefficient (Wildman–Crippen LogP) is 3.27. The Bertz CT molecular complexity index is 437. The molecule has 4 nitrogen and oxygen atoms in total. The first kappa shape index (κ1) is 13.8. The monoisotopic (exact) mass is 261 g/mol. The SMILES string of the molecule is Cc1cc(N)cnc1NC(=O)C1CCCCCCC1. The molecule has 0 bridgehead atoms. The minimum Gasteiger partial charge on any atom is -0.397 e. The van der Waals surface area contributed by atoms with E-state index >= 15 is 0 Å². The van der Waals surface area contributed by atoms with Gasteiger partial charge in [0, 0.05) is 5.92 Å². The summed E-state index contributed by atoms with van der Waals surface area (Å²) in [5.74, 6) is 0.891. The van der Waals surface area contributed by atoms with Crippen molar-refractivity contribution in [2.75, 3.05) is 11.1 Å². The minimum atomic E-state index is 0.113. The Morgan fingerprint density at radius 2 is 1.89 bits per heavy atom. The van der Waals surface area contributed by atoms with E-state index in [0.29, 0.717) is 11.5 Å². The summed E-state index contributed by atoms with van der Waals surface area (Å²) in [6.45, 7) is 1.91. The Hall–Kier alpha value is -1.58. The van der Waals surface area contributed by atoms with Gasteiger partial charge < -0.3 is 11.1 Å². The van der Waals surface area contributed by atoms with Crippen molar-refractivity contribution in [2.45, 2.75) is 51.9 Å². The third-order valence-electron chi connectivity index (χ3n) is 3.82. The summed E-state index contributed by atoms with van der Waals surface area (Å²) in [7, 11) is 0. The normalized spacial score (nSPS) is 17.5. The van der Waals surface area contributed by atoms with Gasteiger partial charge in [-0.25, -0.2) is 4.98 Å². The van der Waals surface area contributed by atoms with E-state index in [9.17, 15) is 4.79 Å². The molecule has 1 heterocycles. The molecule has 4 heteroatoms. The molecule has 19 heavy (non-hydrogen) atoms. The highest BCUT2D eigenvalue weighted by atomic mass is 16.1. The fourth-order valence-corrected chi connectivity index (χ4v) is 2.66. The molecule has 3 N–H and O–H groups in total. The summed E-state index contributed by atoms with van der Waals surface area (Å²) in [5.41, 5.74) is 7.21. The predicted molar refractivity (Wildman–Crippen MR) is 77.8 cm³/mol. The number of carbonyl (C=O) groups is 1. The van der Waals surface area contributed by atoms with Gasteiger partial charge in [-0.2, -0.15) is 0 Å². The molecule has 1 saturated carbocycles. The topological polar surface area (TPSA) is 68.0 Å². The first-order chi connectivity index (χ1) is 9.16. The van der Waals surface area contributed by atoms with Crippen molar-refractivity contribution in [3.8, 4) is 0 Å². The number of pyridine rings is 1. The number of hydrogen-bond acceptors (Lipinski definition) is 3. The van der Waals surface area contributed by atoms with Gasteiger partial charge in [-0.1, -0.05) is 32.1 Å². The van der Waals surface area contributed by atoms with Crippen LogP contribution in [0.2, 0.25) is 0 Å². The quantitative estimate of drug-likeness (QED) is 0.858. The Kier molecular flexibility index (Phi) is 4.77. The highest BCUT2D eigenvalue weighted by Gasteiger charge is 2.20. The Morgan fingerprint density at radius 1 is 1.26 bits per heavy atom. The van der Waals surface area contributed by atoms with Crippen LogP contribution in [0, 0.1) is 12.8 Å². The number of anilines is 2. The van der Waals surface area contributed by atoms with Gasteiger partial charge >= 0.3 is 0 Å². The summed E-state index contributed by atoms with van der Waals surface area (Å²) in [6.07, 6.45) is 9.72. The molecule has 0 aromatic carbocycles. The van der Waals surface area contributed by atoms with Crippen molar-refractivity contribution in [1.82, 2.24) is 4.98 Å². The largest absolute Gasteiger partial charge is 0.397 e. The summed E-state index contributed by atoms with van der Waals surface area (Å²) < 4.78 is 0. The average Bonchev–Trinajstić information content (AvgIpc) is 2.32. The van der Waals surface area contributed by atoms with E-state index in [1.165, 1.54) is 19.3 Å². The number of aryl methyl sites for hydroxylation is 1. The number of nitrogens with one attached hydrogen (secondary N) is 1. The molecule has 1 amide bonds. The van der Waals surface area contributed by atoms with Gasteiger partial charge in [-0.3, -0.25) is 4.79 Å². The molecule has 0 saturated heterocycles. The number of carbonyl (C=O) groups excluding carboxylic acids is 1. The second kappa shape index (κ2) is 6.55. The van der Waals surface area contributed by atoms with Gasteiger partial charge in [0.25, 0.3) is 0 Å². The maximum Gasteiger partial charge on any atom is 0.228 e. The van der Waals surface area contributed by atoms with Crippen LogP contribution in [-0.4, -0.2) is 10.9 Å². The van der Waals surface area contributed by atoms with Gasteiger partial charge in [0.1, 0.15) is 5.82 Å². The van der Waals surface area contributed by atoms with Crippen LogP contribution in [0.3, 0.4) is 0 Å². The Morgan fingerprint density at radius 3 is 2.53 bits per heavy atom. The number of nitrogens with two attached hydrogens (primary N) is 1. The molecular formula is C15H23N3O. The van der Waals surface area contributed by atoms with E-state index in [1.54, 1.807) is 6.20 Å². The molecule has 1 fully saturated rings. The van der Waals surface area contributed by atoms with Gasteiger partial charge in [0.15, 0.2) is 0 Å². The second-order valence-electron chi connectivity index (χ2n) is 5.47. The zero-order valence-corrected chi connectivity index (χ0v) is 11.6. The van der Waals surface area contributed by atoms with Crippen molar-refractivity contribution >= 4 is 17.4 Å². The lowest BCUT2D eigenvalue weighted by Gasteiger charge is -2.19. The molecule has 0 aliphatic heterocycles. The lowest BCUT2D eigenvalue weighted by atomic mass is 9.90. The van der Waals surface area contributed by atoms with Crippen molar-refractivity contribution < 1.29 is 4.79 Å². The Labute approximate surface area is 114 Å². The van der Waals surface area contributed by atoms with E-state index in [4.69, 9.17) is 5.73 Å². The first-order valence-electron chi connectivity index (χ1n) is 7.20. The van der Waals surface area contributed by atoms with Crippen LogP contribution in [0.5, 0.6) is 0 Å². The van der Waals surface area contributed by atoms with Crippen molar-refractivity contribution in [2.24, 2.45) is 5.92 Å². The van der Waals surface area contributed by atoms with E-state index in [-0.39, 0.29) is 11.8 Å². The molecule has 2 rings (SSSR count). The number of rotatable bonds is 2. The zero-order chi connectivity index (χ0) is 13.7. The third kappa shape index (κ3) is 3.94. The van der Waals surface area contributed by atoms with E-state index in [0.717, 1.165) is 31.2 Å². The second-order valence-corrected chi connectivity index (χ2v) is 5.47. The first-order valence-corrected chi connectivity index (χ1v) is 7.20. The third-order valence-corrected chi connectivity index (χ3v) is 3.82. The van der Waals surface area contributed by atoms with Crippen LogP contribution in [0.4, 0.5) is 11.5 Å². The van der Waals surface area contributed by atoms with E-state index < -0.39 is 0 Å². The molecule has 1 aliphatic carbocycles.